The van der Waals surface area contributed by atoms with Crippen LogP contribution in [-0.2, 0) is 4.74 Å². The lowest BCUT2D eigenvalue weighted by Crippen LogP contribution is -2.24. The Morgan fingerprint density at radius 1 is 1.22 bits per heavy atom. The number of hydrogen-bond acceptors (Lipinski definition) is 3. The van der Waals surface area contributed by atoms with Crippen molar-refractivity contribution in [3.8, 4) is 5.75 Å². The zero-order valence-electron chi connectivity index (χ0n) is 10.2. The third-order valence-corrected chi connectivity index (χ3v) is 2.43. The van der Waals surface area contributed by atoms with Gasteiger partial charge < -0.3 is 9.47 Å². The summed E-state index contributed by atoms with van der Waals surface area (Å²) in [5.41, 5.74) is 0.829. The van der Waals surface area contributed by atoms with E-state index in [-0.39, 0.29) is 12.5 Å². The minimum atomic E-state index is -4.92. The van der Waals surface area contributed by atoms with Crippen molar-refractivity contribution >= 4 is 5.78 Å². The molecule has 0 radical (unpaired) electrons. The van der Waals surface area contributed by atoms with E-state index in [2.05, 4.69) is 4.74 Å². The van der Waals surface area contributed by atoms with Gasteiger partial charge in [0.1, 0.15) is 5.75 Å². The number of hydrogen-bond donors (Lipinski definition) is 0. The maximum atomic E-state index is 12.4. The second-order valence-electron chi connectivity index (χ2n) is 3.81. The maximum absolute atomic E-state index is 12.4. The van der Waals surface area contributed by atoms with Crippen LogP contribution in [0.3, 0.4) is 0 Å². The summed E-state index contributed by atoms with van der Waals surface area (Å²) in [7, 11) is 1.34. The Bertz CT molecular complexity index is 453. The van der Waals surface area contributed by atoms with Crippen molar-refractivity contribution in [2.75, 3.05) is 13.9 Å². The monoisotopic (exact) mass is 262 g/mol. The van der Waals surface area contributed by atoms with Crippen LogP contribution in [0, 0.1) is 13.8 Å². The number of ketones is 1. The number of ether oxygens (including phenoxy) is 2. The summed E-state index contributed by atoms with van der Waals surface area (Å²) in [6, 6.07) is 2.57. The summed E-state index contributed by atoms with van der Waals surface area (Å²) in [6.07, 6.45) is -4.92. The quantitative estimate of drug-likeness (QED) is 0.618. The predicted octanol–water partition coefficient (Wildman–Crippen LogP) is 3.03. The second kappa shape index (κ2) is 5.39. The number of aryl methyl sites for hydroxylation is 2. The molecule has 0 spiro atoms. The van der Waals surface area contributed by atoms with Gasteiger partial charge in [0.25, 0.3) is 5.78 Å². The van der Waals surface area contributed by atoms with Gasteiger partial charge in [-0.2, -0.15) is 13.2 Å². The summed E-state index contributed by atoms with van der Waals surface area (Å²) in [6.45, 7) is 3.13. The highest BCUT2D eigenvalue weighted by Crippen LogP contribution is 2.30. The predicted molar refractivity (Wildman–Crippen MR) is 58.8 cm³/mol. The van der Waals surface area contributed by atoms with Crippen molar-refractivity contribution in [1.82, 2.24) is 0 Å². The molecule has 0 bridgehead atoms. The van der Waals surface area contributed by atoms with E-state index in [0.717, 1.165) is 5.56 Å². The van der Waals surface area contributed by atoms with Crippen molar-refractivity contribution < 1.29 is 27.4 Å². The topological polar surface area (TPSA) is 35.5 Å². The Kier molecular flexibility index (Phi) is 4.34. The van der Waals surface area contributed by atoms with E-state index >= 15 is 0 Å². The van der Waals surface area contributed by atoms with Crippen LogP contribution >= 0.6 is 0 Å². The molecule has 0 aliphatic carbocycles. The summed E-state index contributed by atoms with van der Waals surface area (Å²) in [5, 5.41) is 0. The lowest BCUT2D eigenvalue weighted by Gasteiger charge is -2.14. The molecule has 1 rings (SSSR count). The van der Waals surface area contributed by atoms with Crippen LogP contribution in [0.2, 0.25) is 0 Å². The molecule has 0 heterocycles. The van der Waals surface area contributed by atoms with E-state index in [0.29, 0.717) is 5.56 Å². The van der Waals surface area contributed by atoms with Crippen LogP contribution in [-0.4, -0.2) is 25.9 Å². The molecule has 0 unspecified atom stereocenters. The number of methoxy groups -OCH3 is 1. The molecule has 1 aromatic carbocycles. The Hall–Kier alpha value is -1.56. The van der Waals surface area contributed by atoms with Crippen molar-refractivity contribution in [1.29, 1.82) is 0 Å². The van der Waals surface area contributed by atoms with Crippen LogP contribution in [0.1, 0.15) is 21.5 Å². The van der Waals surface area contributed by atoms with Crippen molar-refractivity contribution in [3.63, 3.8) is 0 Å². The number of carbonyl (C=O) groups excluding carboxylic acids is 1. The van der Waals surface area contributed by atoms with Gasteiger partial charge in [0.2, 0.25) is 0 Å². The number of carbonyl (C=O) groups is 1. The molecule has 0 aliphatic rings. The highest BCUT2D eigenvalue weighted by Gasteiger charge is 2.41. The van der Waals surface area contributed by atoms with Crippen molar-refractivity contribution in [3.05, 3.63) is 28.8 Å². The molecule has 3 nitrogen and oxygen atoms in total. The van der Waals surface area contributed by atoms with Crippen LogP contribution in [0.5, 0.6) is 5.75 Å². The van der Waals surface area contributed by atoms with E-state index in [1.165, 1.54) is 19.2 Å². The molecule has 6 heteroatoms. The van der Waals surface area contributed by atoms with Crippen LogP contribution < -0.4 is 4.74 Å². The van der Waals surface area contributed by atoms with Crippen molar-refractivity contribution in [2.45, 2.75) is 20.0 Å². The first-order valence-electron chi connectivity index (χ1n) is 5.12. The van der Waals surface area contributed by atoms with Gasteiger partial charge in [0.15, 0.2) is 6.79 Å². The smallest absolute Gasteiger partial charge is 0.455 e. The van der Waals surface area contributed by atoms with Gasteiger partial charge in [-0.05, 0) is 37.1 Å². The van der Waals surface area contributed by atoms with Crippen LogP contribution in [0.15, 0.2) is 12.1 Å². The van der Waals surface area contributed by atoms with Crippen LogP contribution in [0.25, 0.3) is 0 Å². The average molecular weight is 262 g/mol. The minimum Gasteiger partial charge on any atom is -0.467 e. The molecule has 0 aliphatic heterocycles. The molecule has 0 aromatic heterocycles. The molecular weight excluding hydrogens is 249 g/mol. The Balaban J connectivity index is 3.23. The fraction of sp³-hybridized carbons (Fsp3) is 0.417. The second-order valence-corrected chi connectivity index (χ2v) is 3.81. The Morgan fingerprint density at radius 3 is 2.28 bits per heavy atom. The first-order chi connectivity index (χ1) is 8.27. The fourth-order valence-electron chi connectivity index (χ4n) is 1.36. The highest BCUT2D eigenvalue weighted by molar-refractivity contribution is 6.02. The number of rotatable bonds is 4. The van der Waals surface area contributed by atoms with E-state index in [9.17, 15) is 18.0 Å². The molecule has 0 fully saturated rings. The van der Waals surface area contributed by atoms with E-state index in [4.69, 9.17) is 4.74 Å². The van der Waals surface area contributed by atoms with Gasteiger partial charge in [-0.1, -0.05) is 0 Å². The summed E-state index contributed by atoms with van der Waals surface area (Å²) in [5.74, 6) is -2.04. The first kappa shape index (κ1) is 14.5. The summed E-state index contributed by atoms with van der Waals surface area (Å²) in [4.78, 5) is 11.3. The molecule has 1 aromatic rings. The average Bonchev–Trinajstić information content (AvgIpc) is 2.28. The SMILES string of the molecule is COCOc1cc(C)c(C)cc1C(=O)C(F)(F)F. The number of alkyl halides is 3. The Morgan fingerprint density at radius 2 is 1.78 bits per heavy atom. The molecule has 0 N–H and O–H groups in total. The number of benzene rings is 1. The first-order valence-corrected chi connectivity index (χ1v) is 5.12. The fourth-order valence-corrected chi connectivity index (χ4v) is 1.36. The zero-order chi connectivity index (χ0) is 13.9. The lowest BCUT2D eigenvalue weighted by atomic mass is 10.0. The lowest BCUT2D eigenvalue weighted by molar-refractivity contribution is -0.0888. The molecular formula is C12H13F3O3. The minimum absolute atomic E-state index is 0.123. The largest absolute Gasteiger partial charge is 0.467 e. The summed E-state index contributed by atoms with van der Waals surface area (Å²) >= 11 is 0. The highest BCUT2D eigenvalue weighted by atomic mass is 19.4. The molecule has 18 heavy (non-hydrogen) atoms. The molecule has 0 atom stereocenters. The molecule has 0 saturated carbocycles. The Labute approximate surface area is 103 Å². The summed E-state index contributed by atoms with van der Waals surface area (Å²) < 4.78 is 46.9. The van der Waals surface area contributed by atoms with E-state index in [1.54, 1.807) is 13.8 Å². The molecule has 0 saturated heterocycles. The van der Waals surface area contributed by atoms with Gasteiger partial charge in [-0.15, -0.1) is 0 Å². The van der Waals surface area contributed by atoms with Gasteiger partial charge in [-0.3, -0.25) is 4.79 Å². The van der Waals surface area contributed by atoms with Gasteiger partial charge in [0.05, 0.1) is 5.56 Å². The molecule has 100 valence electrons. The zero-order valence-corrected chi connectivity index (χ0v) is 10.2. The van der Waals surface area contributed by atoms with Gasteiger partial charge in [0, 0.05) is 7.11 Å². The number of Topliss-reactive ketones (excluding diaryl/α,β-unsaturated/α-hetero) is 1. The van der Waals surface area contributed by atoms with Gasteiger partial charge in [-0.25, -0.2) is 0 Å². The maximum Gasteiger partial charge on any atom is 0.455 e. The standard InChI is InChI=1S/C12H13F3O3/c1-7-4-9(11(16)12(13,14)15)10(5-8(7)2)18-6-17-3/h4-5H,6H2,1-3H3. The van der Waals surface area contributed by atoms with E-state index in [1.807, 2.05) is 0 Å². The van der Waals surface area contributed by atoms with Gasteiger partial charge >= 0.3 is 6.18 Å². The molecule has 0 amide bonds. The number of halogens is 3. The van der Waals surface area contributed by atoms with Crippen molar-refractivity contribution in [2.24, 2.45) is 0 Å². The van der Waals surface area contributed by atoms with Crippen LogP contribution in [0.4, 0.5) is 13.2 Å². The third kappa shape index (κ3) is 3.22. The normalized spacial score (nSPS) is 11.4. The van der Waals surface area contributed by atoms with E-state index < -0.39 is 17.5 Å². The third-order valence-electron chi connectivity index (χ3n) is 2.43.